The van der Waals surface area contributed by atoms with Crippen molar-refractivity contribution in [2.24, 2.45) is 11.8 Å². The largest absolute Gasteiger partial charge is 0.464 e. The van der Waals surface area contributed by atoms with Crippen molar-refractivity contribution in [3.63, 3.8) is 0 Å². The van der Waals surface area contributed by atoms with Gasteiger partial charge in [0.2, 0.25) is 5.91 Å². The number of amides is 1. The molecule has 158 valence electrons. The fourth-order valence-corrected chi connectivity index (χ4v) is 6.05. The van der Waals surface area contributed by atoms with Crippen LogP contribution in [-0.4, -0.2) is 53.0 Å². The molecular weight excluding hydrogens is 384 g/mol. The zero-order valence-corrected chi connectivity index (χ0v) is 17.5. The molecule has 4 atom stereocenters. The predicted octanol–water partition coefficient (Wildman–Crippen LogP) is 2.32. The van der Waals surface area contributed by atoms with Crippen molar-refractivity contribution in [2.45, 2.75) is 44.6 Å². The Morgan fingerprint density at radius 3 is 2.80 bits per heavy atom. The fourth-order valence-electron chi connectivity index (χ4n) is 6.05. The Labute approximate surface area is 174 Å². The summed E-state index contributed by atoms with van der Waals surface area (Å²) in [7, 11) is 0. The lowest BCUT2D eigenvalue weighted by molar-refractivity contribution is -0.165. The molecule has 30 heavy (non-hydrogen) atoms. The van der Waals surface area contributed by atoms with Gasteiger partial charge >= 0.3 is 11.9 Å². The lowest BCUT2D eigenvalue weighted by Crippen LogP contribution is -2.60. The average Bonchev–Trinajstić information content (AvgIpc) is 3.16. The maximum Gasteiger partial charge on any atom is 0.322 e. The molecule has 0 radical (unpaired) electrons. The van der Waals surface area contributed by atoms with Crippen molar-refractivity contribution in [2.75, 3.05) is 19.7 Å². The van der Waals surface area contributed by atoms with Crippen molar-refractivity contribution >= 4 is 28.7 Å². The molecule has 3 heterocycles. The summed E-state index contributed by atoms with van der Waals surface area (Å²) in [5, 5.41) is 1.08. The van der Waals surface area contributed by atoms with Crippen molar-refractivity contribution in [3.05, 3.63) is 35.5 Å². The number of aromatic amines is 1. The van der Waals surface area contributed by atoms with Crippen LogP contribution in [0.4, 0.5) is 0 Å². The number of carbonyl (C=O) groups is 3. The van der Waals surface area contributed by atoms with E-state index < -0.39 is 17.0 Å². The molecule has 2 fully saturated rings. The number of piperidine rings is 1. The summed E-state index contributed by atoms with van der Waals surface area (Å²) in [6.45, 7) is 5.89. The molecule has 7 heteroatoms. The molecule has 3 aliphatic rings. The van der Waals surface area contributed by atoms with Gasteiger partial charge in [-0.15, -0.1) is 0 Å². The number of aromatic nitrogens is 1. The van der Waals surface area contributed by atoms with E-state index in [0.29, 0.717) is 19.5 Å². The first kappa shape index (κ1) is 19.2. The Morgan fingerprint density at radius 2 is 2.07 bits per heavy atom. The number of ether oxygens (including phenoxy) is 2. The number of H-pyrrole nitrogens is 1. The molecule has 2 saturated heterocycles. The Morgan fingerprint density at radius 1 is 1.30 bits per heavy atom. The molecule has 0 spiro atoms. The first-order valence-corrected chi connectivity index (χ1v) is 10.5. The highest BCUT2D eigenvalue weighted by Gasteiger charge is 2.71. The Kier molecular flexibility index (Phi) is 4.04. The van der Waals surface area contributed by atoms with E-state index in [2.05, 4.69) is 18.0 Å². The topological polar surface area (TPSA) is 88.7 Å². The zero-order valence-electron chi connectivity index (χ0n) is 17.5. The monoisotopic (exact) mass is 410 g/mol. The van der Waals surface area contributed by atoms with Crippen LogP contribution in [-0.2, 0) is 35.7 Å². The number of fused-ring (bicyclic) bond motifs is 4. The summed E-state index contributed by atoms with van der Waals surface area (Å²) in [4.78, 5) is 42.8. The van der Waals surface area contributed by atoms with E-state index in [9.17, 15) is 14.4 Å². The van der Waals surface area contributed by atoms with Gasteiger partial charge in [0.05, 0.1) is 6.54 Å². The van der Waals surface area contributed by atoms with Gasteiger partial charge in [-0.3, -0.25) is 14.4 Å². The van der Waals surface area contributed by atoms with Gasteiger partial charge in [-0.2, -0.15) is 0 Å². The van der Waals surface area contributed by atoms with Crippen molar-refractivity contribution in [3.8, 4) is 0 Å². The number of rotatable bonds is 2. The molecule has 1 amide bonds. The average molecular weight is 410 g/mol. The third-order valence-electron chi connectivity index (χ3n) is 7.51. The zero-order chi connectivity index (χ0) is 21.3. The second kappa shape index (κ2) is 6.33. The molecule has 1 N–H and O–H groups in total. The van der Waals surface area contributed by atoms with Crippen molar-refractivity contribution < 1.29 is 23.9 Å². The van der Waals surface area contributed by atoms with Gasteiger partial charge in [0.25, 0.3) is 0 Å². The van der Waals surface area contributed by atoms with Crippen LogP contribution in [0.3, 0.4) is 0 Å². The summed E-state index contributed by atoms with van der Waals surface area (Å²) in [6, 6.07) is 8.01. The third kappa shape index (κ3) is 2.35. The number of nitrogens with one attached hydrogen (secondary N) is 1. The molecule has 2 aromatic rings. The molecule has 0 saturated carbocycles. The Balaban J connectivity index is 1.75. The van der Waals surface area contributed by atoms with E-state index >= 15 is 0 Å². The lowest BCUT2D eigenvalue weighted by atomic mass is 9.63. The van der Waals surface area contributed by atoms with Crippen LogP contribution < -0.4 is 0 Å². The van der Waals surface area contributed by atoms with Crippen LogP contribution in [0.15, 0.2) is 24.3 Å². The molecule has 1 aliphatic carbocycles. The van der Waals surface area contributed by atoms with Crippen LogP contribution >= 0.6 is 0 Å². The number of hydrogen-bond donors (Lipinski definition) is 1. The SMILES string of the molecule is CC(=O)OCC12C(=O)OC3(CN(C(C)=O)CCC13)C(C)Cc1c2[nH]c2ccccc12. The highest BCUT2D eigenvalue weighted by Crippen LogP contribution is 2.58. The van der Waals surface area contributed by atoms with E-state index in [0.717, 1.165) is 28.6 Å². The van der Waals surface area contributed by atoms with Crippen LogP contribution in [0, 0.1) is 11.8 Å². The van der Waals surface area contributed by atoms with Crippen LogP contribution in [0.5, 0.6) is 0 Å². The van der Waals surface area contributed by atoms with Crippen molar-refractivity contribution in [1.29, 1.82) is 0 Å². The first-order valence-electron chi connectivity index (χ1n) is 10.5. The second-order valence-electron chi connectivity index (χ2n) is 9.01. The quantitative estimate of drug-likeness (QED) is 0.768. The van der Waals surface area contributed by atoms with E-state index in [-0.39, 0.29) is 30.3 Å². The minimum atomic E-state index is -1.09. The number of esters is 2. The number of carbonyl (C=O) groups excluding carboxylic acids is 3. The number of nitrogens with zero attached hydrogens (tertiary/aromatic N) is 1. The molecule has 4 unspecified atom stereocenters. The number of benzene rings is 1. The van der Waals surface area contributed by atoms with E-state index in [1.165, 1.54) is 6.92 Å². The Bertz CT molecular complexity index is 1070. The molecule has 1 aromatic carbocycles. The number of hydrogen-bond acceptors (Lipinski definition) is 5. The van der Waals surface area contributed by atoms with Gasteiger partial charge in [-0.05, 0) is 24.5 Å². The van der Waals surface area contributed by atoms with Gasteiger partial charge in [0.1, 0.15) is 17.6 Å². The smallest absolute Gasteiger partial charge is 0.322 e. The third-order valence-corrected chi connectivity index (χ3v) is 7.51. The molecule has 1 aromatic heterocycles. The van der Waals surface area contributed by atoms with Gasteiger partial charge in [0.15, 0.2) is 0 Å². The van der Waals surface area contributed by atoms with Crippen LogP contribution in [0.2, 0.25) is 0 Å². The summed E-state index contributed by atoms with van der Waals surface area (Å²) in [5.74, 6) is -0.980. The van der Waals surface area contributed by atoms with Gasteiger partial charge in [0, 0.05) is 48.8 Å². The van der Waals surface area contributed by atoms with Gasteiger partial charge in [-0.25, -0.2) is 0 Å². The highest BCUT2D eigenvalue weighted by atomic mass is 16.6. The molecule has 2 aliphatic heterocycles. The number of para-hydroxylation sites is 1. The van der Waals surface area contributed by atoms with Gasteiger partial charge in [-0.1, -0.05) is 25.1 Å². The molecule has 7 nitrogen and oxygen atoms in total. The van der Waals surface area contributed by atoms with E-state index in [4.69, 9.17) is 9.47 Å². The summed E-state index contributed by atoms with van der Waals surface area (Å²) < 4.78 is 11.7. The Hall–Kier alpha value is -2.83. The van der Waals surface area contributed by atoms with Crippen LogP contribution in [0.25, 0.3) is 10.9 Å². The normalized spacial score (nSPS) is 32.2. The van der Waals surface area contributed by atoms with E-state index in [1.54, 1.807) is 11.8 Å². The van der Waals surface area contributed by atoms with Crippen LogP contribution in [0.1, 0.15) is 38.4 Å². The molecule has 5 rings (SSSR count). The maximum absolute atomic E-state index is 13.6. The summed E-state index contributed by atoms with van der Waals surface area (Å²) >= 11 is 0. The first-order chi connectivity index (χ1) is 14.3. The maximum atomic E-state index is 13.6. The standard InChI is InChI=1S/C23H26N2O5/c1-13-10-17-16-6-4-5-7-18(16)24-20(17)22(12-29-15(3)27)19-8-9-25(14(2)26)11-23(13,19)30-21(22)28/h4-7,13,19,24H,8-12H2,1-3H3. The molecule has 2 bridgehead atoms. The fraction of sp³-hybridized carbons (Fsp3) is 0.522. The lowest BCUT2D eigenvalue weighted by Gasteiger charge is -2.47. The summed E-state index contributed by atoms with van der Waals surface area (Å²) in [6.07, 6.45) is 1.34. The number of likely N-dealkylation sites (tertiary alicyclic amines) is 1. The summed E-state index contributed by atoms with van der Waals surface area (Å²) in [5.41, 5.74) is 0.980. The minimum Gasteiger partial charge on any atom is -0.464 e. The minimum absolute atomic E-state index is 0.00765. The predicted molar refractivity (Wildman–Crippen MR) is 109 cm³/mol. The van der Waals surface area contributed by atoms with Gasteiger partial charge < -0.3 is 19.4 Å². The van der Waals surface area contributed by atoms with Crippen molar-refractivity contribution in [1.82, 2.24) is 9.88 Å². The van der Waals surface area contributed by atoms with E-state index in [1.807, 2.05) is 18.2 Å². The highest BCUT2D eigenvalue weighted by molar-refractivity contribution is 5.93. The second-order valence-corrected chi connectivity index (χ2v) is 9.01. The molecular formula is C23H26N2O5.